The van der Waals surface area contributed by atoms with Crippen molar-refractivity contribution in [2.24, 2.45) is 0 Å². The molecule has 0 N–H and O–H groups in total. The lowest BCUT2D eigenvalue weighted by Crippen LogP contribution is -2.01. The second kappa shape index (κ2) is 13.4. The molecule has 0 saturated carbocycles. The van der Waals surface area contributed by atoms with Gasteiger partial charge in [-0.2, -0.15) is 0 Å². The van der Waals surface area contributed by atoms with Crippen molar-refractivity contribution in [2.75, 3.05) is 0 Å². The summed E-state index contributed by atoms with van der Waals surface area (Å²) in [5.74, 6) is 3.35. The summed E-state index contributed by atoms with van der Waals surface area (Å²) >= 11 is 1.74. The van der Waals surface area contributed by atoms with Gasteiger partial charge in [0, 0.05) is 74.0 Å². The first-order valence-corrected chi connectivity index (χ1v) is 18.3. The molecule has 54 heavy (non-hydrogen) atoms. The van der Waals surface area contributed by atoms with Crippen molar-refractivity contribution in [1.29, 1.82) is 0 Å². The molecule has 0 amide bonds. The molecule has 0 aliphatic heterocycles. The number of fused-ring (bicyclic) bond motifs is 4. The van der Waals surface area contributed by atoms with E-state index in [1.807, 2.05) is 122 Å². The van der Waals surface area contributed by atoms with Crippen LogP contribution in [0.25, 0.3) is 70.8 Å². The van der Waals surface area contributed by atoms with Crippen LogP contribution >= 0.6 is 11.3 Å². The van der Waals surface area contributed by atoms with E-state index in [2.05, 4.69) is 57.0 Å². The average Bonchev–Trinajstić information content (AvgIpc) is 3.81. The zero-order valence-electron chi connectivity index (χ0n) is 28.7. The van der Waals surface area contributed by atoms with Crippen molar-refractivity contribution in [3.05, 3.63) is 176 Å². The summed E-state index contributed by atoms with van der Waals surface area (Å²) in [6, 6.07) is 50.6. The van der Waals surface area contributed by atoms with Crippen LogP contribution in [0.15, 0.2) is 176 Å². The van der Waals surface area contributed by atoms with Gasteiger partial charge in [0.15, 0.2) is 0 Å². The summed E-state index contributed by atoms with van der Waals surface area (Å²) in [5.41, 5.74) is 6.52. The van der Waals surface area contributed by atoms with Crippen LogP contribution < -0.4 is 9.47 Å². The molecule has 5 aromatic carbocycles. The molecular weight excluding hydrogens is 687 g/mol. The van der Waals surface area contributed by atoms with Gasteiger partial charge in [0.2, 0.25) is 5.95 Å². The molecule has 0 unspecified atom stereocenters. The number of nitrogens with zero attached hydrogens (tertiary/aromatic N) is 5. The molecule has 7 nitrogen and oxygen atoms in total. The summed E-state index contributed by atoms with van der Waals surface area (Å²) in [6.07, 6.45) is 7.39. The number of pyridine rings is 2. The van der Waals surface area contributed by atoms with Crippen LogP contribution in [0.1, 0.15) is 0 Å². The Morgan fingerprint density at radius 3 is 1.56 bits per heavy atom. The lowest BCUT2D eigenvalue weighted by Gasteiger charge is -2.10. The predicted molar refractivity (Wildman–Crippen MR) is 217 cm³/mol. The van der Waals surface area contributed by atoms with Crippen molar-refractivity contribution >= 4 is 43.2 Å². The lowest BCUT2D eigenvalue weighted by atomic mass is 10.1. The SMILES string of the molecule is c1ccc(-c2cccc(Oc3ccc4c5ccc(Oc6cccc(-c7ccccn7)c6)cc5n(-c5ncc(-c6cc7ccccc7s6)cn5)c4c3)c2)nc1. The van der Waals surface area contributed by atoms with E-state index in [1.165, 1.54) is 10.1 Å². The molecule has 10 rings (SSSR count). The second-order valence-electron chi connectivity index (χ2n) is 12.8. The van der Waals surface area contributed by atoms with Crippen molar-refractivity contribution in [2.45, 2.75) is 0 Å². The molecule has 0 aliphatic carbocycles. The van der Waals surface area contributed by atoms with Gasteiger partial charge in [0.25, 0.3) is 0 Å². The number of thiophene rings is 1. The van der Waals surface area contributed by atoms with E-state index >= 15 is 0 Å². The van der Waals surface area contributed by atoms with Gasteiger partial charge in [-0.1, -0.05) is 54.6 Å². The van der Waals surface area contributed by atoms with E-state index in [-0.39, 0.29) is 0 Å². The number of hydrogen-bond acceptors (Lipinski definition) is 7. The maximum Gasteiger partial charge on any atom is 0.234 e. The first-order valence-electron chi connectivity index (χ1n) is 17.5. The minimum absolute atomic E-state index is 0.545. The highest BCUT2D eigenvalue weighted by Crippen LogP contribution is 2.39. The van der Waals surface area contributed by atoms with Crippen LogP contribution in [-0.4, -0.2) is 24.5 Å². The van der Waals surface area contributed by atoms with E-state index < -0.39 is 0 Å². The number of benzene rings is 5. The van der Waals surface area contributed by atoms with Crippen molar-refractivity contribution in [3.63, 3.8) is 0 Å². The topological polar surface area (TPSA) is 75.0 Å². The van der Waals surface area contributed by atoms with Gasteiger partial charge in [0.05, 0.1) is 22.4 Å². The van der Waals surface area contributed by atoms with Gasteiger partial charge in [-0.3, -0.25) is 14.5 Å². The average molecular weight is 716 g/mol. The van der Waals surface area contributed by atoms with Gasteiger partial charge in [-0.05, 0) is 90.3 Å². The molecule has 0 atom stereocenters. The molecule has 5 heterocycles. The fraction of sp³-hybridized carbons (Fsp3) is 0. The van der Waals surface area contributed by atoms with Gasteiger partial charge in [-0.15, -0.1) is 11.3 Å². The smallest absolute Gasteiger partial charge is 0.234 e. The fourth-order valence-corrected chi connectivity index (χ4v) is 7.82. The number of rotatable bonds is 8. The standard InChI is InChI=1S/C46H29N5O2S/c1-2-16-44-32(9-1)25-45(54-44)33-28-49-46(50-29-33)51-42-26-36(52-34-12-7-10-30(23-34)40-14-3-5-21-47-40)17-19-38(42)39-20-18-37(27-43(39)51)53-35-13-8-11-31(24-35)41-15-4-6-22-48-41/h1-29H. The van der Waals surface area contributed by atoms with Crippen LogP contribution in [0.3, 0.4) is 0 Å². The maximum absolute atomic E-state index is 6.48. The summed E-state index contributed by atoms with van der Waals surface area (Å²) < 4.78 is 16.3. The third-order valence-electron chi connectivity index (χ3n) is 9.32. The van der Waals surface area contributed by atoms with Gasteiger partial charge in [0.1, 0.15) is 23.0 Å². The molecule has 5 aromatic heterocycles. The van der Waals surface area contributed by atoms with Crippen LogP contribution in [0, 0.1) is 0 Å². The molecule has 10 aromatic rings. The molecule has 0 aliphatic rings. The van der Waals surface area contributed by atoms with E-state index in [1.54, 1.807) is 23.7 Å². The largest absolute Gasteiger partial charge is 0.457 e. The molecule has 0 radical (unpaired) electrons. The Kier molecular flexibility index (Phi) is 7.85. The van der Waals surface area contributed by atoms with E-state index in [9.17, 15) is 0 Å². The highest BCUT2D eigenvalue weighted by molar-refractivity contribution is 7.22. The van der Waals surface area contributed by atoms with Gasteiger partial charge >= 0.3 is 0 Å². The van der Waals surface area contributed by atoms with E-state index in [0.717, 1.165) is 54.8 Å². The monoisotopic (exact) mass is 715 g/mol. The molecule has 0 bridgehead atoms. The van der Waals surface area contributed by atoms with Crippen LogP contribution in [-0.2, 0) is 0 Å². The van der Waals surface area contributed by atoms with Crippen molar-refractivity contribution < 1.29 is 9.47 Å². The summed E-state index contributed by atoms with van der Waals surface area (Å²) in [5, 5.41) is 3.29. The normalized spacial score (nSPS) is 11.3. The molecular formula is C46H29N5O2S. The fourth-order valence-electron chi connectivity index (χ4n) is 6.79. The third kappa shape index (κ3) is 6.00. The van der Waals surface area contributed by atoms with Gasteiger partial charge < -0.3 is 9.47 Å². The highest BCUT2D eigenvalue weighted by atomic mass is 32.1. The molecule has 0 fully saturated rings. The molecule has 0 spiro atoms. The Hall–Kier alpha value is -7.16. The Bertz CT molecular complexity index is 2770. The minimum atomic E-state index is 0.545. The zero-order valence-corrected chi connectivity index (χ0v) is 29.5. The zero-order chi connectivity index (χ0) is 35.8. The summed E-state index contributed by atoms with van der Waals surface area (Å²) in [6.45, 7) is 0. The predicted octanol–water partition coefficient (Wildman–Crippen LogP) is 12.2. The lowest BCUT2D eigenvalue weighted by molar-refractivity contribution is 0.483. The Morgan fingerprint density at radius 2 is 1.00 bits per heavy atom. The van der Waals surface area contributed by atoms with E-state index in [4.69, 9.17) is 19.4 Å². The van der Waals surface area contributed by atoms with Crippen LogP contribution in [0.2, 0.25) is 0 Å². The second-order valence-corrected chi connectivity index (χ2v) is 13.9. The minimum Gasteiger partial charge on any atom is -0.457 e. The first kappa shape index (κ1) is 31.6. The van der Waals surface area contributed by atoms with Crippen LogP contribution in [0.4, 0.5) is 0 Å². The third-order valence-corrected chi connectivity index (χ3v) is 10.5. The Morgan fingerprint density at radius 1 is 0.444 bits per heavy atom. The Balaban J connectivity index is 1.06. The molecule has 0 saturated heterocycles. The first-order chi connectivity index (χ1) is 26.7. The number of aromatic nitrogens is 5. The Labute approximate surface area is 314 Å². The number of hydrogen-bond donors (Lipinski definition) is 0. The summed E-state index contributed by atoms with van der Waals surface area (Å²) in [7, 11) is 0. The van der Waals surface area contributed by atoms with E-state index in [0.29, 0.717) is 28.9 Å². The van der Waals surface area contributed by atoms with Crippen LogP contribution in [0.5, 0.6) is 23.0 Å². The van der Waals surface area contributed by atoms with Crippen molar-refractivity contribution in [3.8, 4) is 61.9 Å². The highest BCUT2D eigenvalue weighted by Gasteiger charge is 2.18. The molecule has 256 valence electrons. The number of ether oxygens (including phenoxy) is 2. The van der Waals surface area contributed by atoms with Gasteiger partial charge in [-0.25, -0.2) is 9.97 Å². The summed E-state index contributed by atoms with van der Waals surface area (Å²) in [4.78, 5) is 20.0. The molecule has 8 heteroatoms. The quantitative estimate of drug-likeness (QED) is 0.156. The maximum atomic E-state index is 6.48. The van der Waals surface area contributed by atoms with Crippen molar-refractivity contribution in [1.82, 2.24) is 24.5 Å².